The third-order valence-electron chi connectivity index (χ3n) is 3.13. The van der Waals surface area contributed by atoms with Gasteiger partial charge in [-0.2, -0.15) is 11.1 Å². The minimum Gasteiger partial charge on any atom is -0.358 e. The van der Waals surface area contributed by atoms with Gasteiger partial charge in [0.25, 0.3) is 0 Å². The molecular formula is C17H26CrN. The number of pyridine rings is 1. The zero-order valence-corrected chi connectivity index (χ0v) is 14.5. The molecule has 0 bridgehead atoms. The van der Waals surface area contributed by atoms with Crippen LogP contribution in [0.25, 0.3) is 0 Å². The maximum absolute atomic E-state index is 3.78. The van der Waals surface area contributed by atoms with Crippen LogP contribution in [0.2, 0.25) is 0 Å². The number of hydrogen-bond acceptors (Lipinski definition) is 1. The van der Waals surface area contributed by atoms with Crippen molar-refractivity contribution in [1.82, 2.24) is 4.98 Å². The van der Waals surface area contributed by atoms with Gasteiger partial charge in [-0.05, 0) is 12.1 Å². The zero-order chi connectivity index (χ0) is 12.2. The van der Waals surface area contributed by atoms with Gasteiger partial charge >= 0.3 is 17.4 Å². The number of hydrogen-bond donors (Lipinski definition) is 0. The van der Waals surface area contributed by atoms with Crippen molar-refractivity contribution in [2.75, 3.05) is 0 Å². The van der Waals surface area contributed by atoms with Crippen LogP contribution in [-0.2, 0) is 17.4 Å². The summed E-state index contributed by atoms with van der Waals surface area (Å²) in [4.78, 5) is 3.78. The third-order valence-corrected chi connectivity index (χ3v) is 3.13. The molecule has 1 aliphatic rings. The first-order valence-electron chi connectivity index (χ1n) is 5.60. The second kappa shape index (κ2) is 10.0. The van der Waals surface area contributed by atoms with Gasteiger partial charge in [-0.25, -0.2) is 5.57 Å². The van der Waals surface area contributed by atoms with E-state index >= 15 is 0 Å². The summed E-state index contributed by atoms with van der Waals surface area (Å²) in [5.41, 5.74) is 4.39. The van der Waals surface area contributed by atoms with Gasteiger partial charge in [0.2, 0.25) is 0 Å². The first-order chi connectivity index (χ1) is 7.45. The van der Waals surface area contributed by atoms with Crippen LogP contribution in [0.5, 0.6) is 0 Å². The minimum absolute atomic E-state index is 0. The Hall–Kier alpha value is -0.838. The number of nitrogens with zero attached hydrogens (tertiary/aromatic N) is 1. The molecule has 0 spiro atoms. The number of aromatic nitrogens is 1. The van der Waals surface area contributed by atoms with E-state index in [1.165, 1.54) is 16.7 Å². The van der Waals surface area contributed by atoms with Gasteiger partial charge in [0.1, 0.15) is 0 Å². The molecule has 0 unspecified atom stereocenters. The summed E-state index contributed by atoms with van der Waals surface area (Å²) >= 11 is 0. The summed E-state index contributed by atoms with van der Waals surface area (Å²) in [5.74, 6) is 0. The molecule has 19 heavy (non-hydrogen) atoms. The molecule has 1 aromatic rings. The summed E-state index contributed by atoms with van der Waals surface area (Å²) in [6.45, 7) is 10.9. The van der Waals surface area contributed by atoms with E-state index < -0.39 is 0 Å². The normalized spacial score (nSPS) is 14.9. The topological polar surface area (TPSA) is 12.9 Å². The van der Waals surface area contributed by atoms with E-state index in [4.69, 9.17) is 0 Å². The Kier molecular flexibility index (Phi) is 12.3. The van der Waals surface area contributed by atoms with Gasteiger partial charge < -0.3 is 14.9 Å². The van der Waals surface area contributed by atoms with Crippen LogP contribution in [0.3, 0.4) is 0 Å². The standard InChI is InChI=1S/C10H15.C5H5N.2CH3.Cr/c1-7-6-10(4,5)9(3)8(7)2;1-2-4-6-5-3-1;;;/h1-5H3;1-5H;2*1H3;/q-1;;2*-1;+3. The third kappa shape index (κ3) is 6.76. The van der Waals surface area contributed by atoms with Crippen LogP contribution < -0.4 is 0 Å². The van der Waals surface area contributed by atoms with Crippen molar-refractivity contribution in [3.63, 3.8) is 0 Å². The monoisotopic (exact) mass is 296 g/mol. The smallest absolute Gasteiger partial charge is 0.358 e. The molecule has 1 radical (unpaired) electrons. The van der Waals surface area contributed by atoms with Crippen molar-refractivity contribution in [2.45, 2.75) is 34.6 Å². The van der Waals surface area contributed by atoms with E-state index in [1.54, 1.807) is 12.4 Å². The molecule has 0 saturated carbocycles. The number of allylic oxidation sites excluding steroid dienone is 4. The Bertz CT molecular complexity index is 376. The molecule has 0 N–H and O–H groups in total. The largest absolute Gasteiger partial charge is 3.00 e. The Morgan fingerprint density at radius 3 is 1.53 bits per heavy atom. The predicted octanol–water partition coefficient (Wildman–Crippen LogP) is 5.09. The SMILES string of the molecule is CC1=[C-]C(C)(C)C(C)=C1C.[CH3-].[CH3-].[Cr+3].c1ccncc1. The quantitative estimate of drug-likeness (QED) is 0.608. The van der Waals surface area contributed by atoms with E-state index in [0.717, 1.165) is 0 Å². The van der Waals surface area contributed by atoms with E-state index in [9.17, 15) is 0 Å². The van der Waals surface area contributed by atoms with E-state index in [2.05, 4.69) is 45.7 Å². The predicted molar refractivity (Wildman–Crippen MR) is 81.7 cm³/mol. The average Bonchev–Trinajstić information content (AvgIpc) is 2.45. The van der Waals surface area contributed by atoms with Gasteiger partial charge in [0.15, 0.2) is 0 Å². The van der Waals surface area contributed by atoms with Gasteiger partial charge in [-0.1, -0.05) is 39.2 Å². The molecule has 0 saturated heterocycles. The maximum atomic E-state index is 3.78. The molecule has 1 aliphatic carbocycles. The Labute approximate surface area is 131 Å². The fourth-order valence-electron chi connectivity index (χ4n) is 1.72. The zero-order valence-electron chi connectivity index (χ0n) is 13.2. The average molecular weight is 296 g/mol. The summed E-state index contributed by atoms with van der Waals surface area (Å²) in [7, 11) is 0. The number of rotatable bonds is 0. The van der Waals surface area contributed by atoms with E-state index in [1.807, 2.05) is 18.2 Å². The van der Waals surface area contributed by atoms with E-state index in [-0.39, 0.29) is 37.6 Å². The summed E-state index contributed by atoms with van der Waals surface area (Å²) < 4.78 is 0. The Morgan fingerprint density at radius 2 is 1.42 bits per heavy atom. The second-order valence-corrected chi connectivity index (χ2v) is 4.65. The molecule has 0 fully saturated rings. The van der Waals surface area contributed by atoms with Crippen LogP contribution in [0.1, 0.15) is 34.6 Å². The molecule has 1 heterocycles. The van der Waals surface area contributed by atoms with Crippen LogP contribution >= 0.6 is 0 Å². The van der Waals surface area contributed by atoms with Crippen molar-refractivity contribution in [3.8, 4) is 0 Å². The molecular weight excluding hydrogens is 270 g/mol. The molecule has 0 aliphatic heterocycles. The molecule has 0 amide bonds. The summed E-state index contributed by atoms with van der Waals surface area (Å²) in [6.07, 6.45) is 6.94. The molecule has 105 valence electrons. The van der Waals surface area contributed by atoms with E-state index in [0.29, 0.717) is 0 Å². The molecule has 0 aromatic carbocycles. The summed E-state index contributed by atoms with van der Waals surface area (Å²) in [5, 5.41) is 0. The Balaban J connectivity index is -0.000000252. The Morgan fingerprint density at radius 1 is 0.947 bits per heavy atom. The molecule has 2 rings (SSSR count). The van der Waals surface area contributed by atoms with Crippen molar-refractivity contribution in [2.24, 2.45) is 5.41 Å². The van der Waals surface area contributed by atoms with Crippen LogP contribution in [0.4, 0.5) is 0 Å². The van der Waals surface area contributed by atoms with Crippen molar-refractivity contribution in [3.05, 3.63) is 68.2 Å². The first-order valence-corrected chi connectivity index (χ1v) is 5.60. The fourth-order valence-corrected chi connectivity index (χ4v) is 1.72. The van der Waals surface area contributed by atoms with Crippen LogP contribution in [0, 0.1) is 26.3 Å². The molecule has 2 heteroatoms. The van der Waals surface area contributed by atoms with Crippen molar-refractivity contribution in [1.29, 1.82) is 0 Å². The van der Waals surface area contributed by atoms with Crippen molar-refractivity contribution >= 4 is 0 Å². The summed E-state index contributed by atoms with van der Waals surface area (Å²) in [6, 6.07) is 5.72. The minimum atomic E-state index is 0. The van der Waals surface area contributed by atoms with Gasteiger partial charge in [0.05, 0.1) is 0 Å². The second-order valence-electron chi connectivity index (χ2n) is 4.65. The maximum Gasteiger partial charge on any atom is 3.00 e. The van der Waals surface area contributed by atoms with Crippen LogP contribution in [-0.4, -0.2) is 4.98 Å². The molecule has 0 atom stereocenters. The van der Waals surface area contributed by atoms with Gasteiger partial charge in [-0.3, -0.25) is 11.1 Å². The van der Waals surface area contributed by atoms with Crippen molar-refractivity contribution < 1.29 is 17.4 Å². The van der Waals surface area contributed by atoms with Crippen LogP contribution in [0.15, 0.2) is 47.3 Å². The van der Waals surface area contributed by atoms with Gasteiger partial charge in [-0.15, -0.1) is 6.92 Å². The first kappa shape index (κ1) is 23.3. The molecule has 1 aromatic heterocycles. The van der Waals surface area contributed by atoms with Gasteiger partial charge in [0, 0.05) is 12.4 Å². The fraction of sp³-hybridized carbons (Fsp3) is 0.353. The molecule has 1 nitrogen and oxygen atoms in total.